The Balaban J connectivity index is 2.80. The molecule has 0 aliphatic heterocycles. The fraction of sp³-hybridized carbons (Fsp3) is 0.400. The molecular weight excluding hydrogens is 176 g/mol. The summed E-state index contributed by atoms with van der Waals surface area (Å²) in [5.74, 6) is 0.544. The predicted octanol–water partition coefficient (Wildman–Crippen LogP) is 1.77. The third-order valence-electron chi connectivity index (χ3n) is 2.11. The average Bonchev–Trinajstić information content (AvgIpc) is 2.44. The van der Waals surface area contributed by atoms with Crippen molar-refractivity contribution < 1.29 is 0 Å². The summed E-state index contributed by atoms with van der Waals surface area (Å²) in [5, 5.41) is 5.21. The van der Waals surface area contributed by atoms with Crippen molar-refractivity contribution in [2.24, 2.45) is 0 Å². The first-order valence-electron chi connectivity index (χ1n) is 4.60. The van der Waals surface area contributed by atoms with Crippen molar-refractivity contribution in [3.63, 3.8) is 0 Å². The maximum Gasteiger partial charge on any atom is 0.160 e. The van der Waals surface area contributed by atoms with E-state index in [0.29, 0.717) is 5.82 Å². The van der Waals surface area contributed by atoms with Gasteiger partial charge in [0.25, 0.3) is 0 Å². The van der Waals surface area contributed by atoms with Crippen LogP contribution >= 0.6 is 0 Å². The van der Waals surface area contributed by atoms with E-state index in [1.165, 1.54) is 0 Å². The van der Waals surface area contributed by atoms with E-state index in [1.54, 1.807) is 6.20 Å². The fourth-order valence-electron chi connectivity index (χ4n) is 1.44. The van der Waals surface area contributed by atoms with Gasteiger partial charge in [-0.25, -0.2) is 9.67 Å². The molecule has 0 amide bonds. The van der Waals surface area contributed by atoms with Crippen LogP contribution in [-0.2, 0) is 5.54 Å². The minimum Gasteiger partial charge on any atom is -0.382 e. The molecule has 0 aliphatic carbocycles. The third kappa shape index (κ3) is 1.23. The lowest BCUT2D eigenvalue weighted by molar-refractivity contribution is 0.367. The Morgan fingerprint density at radius 1 is 1.36 bits per heavy atom. The molecule has 2 aromatic heterocycles. The predicted molar refractivity (Wildman–Crippen MR) is 56.9 cm³/mol. The molecule has 0 bridgehead atoms. The lowest BCUT2D eigenvalue weighted by Crippen LogP contribution is -2.23. The van der Waals surface area contributed by atoms with Gasteiger partial charge in [0.15, 0.2) is 11.5 Å². The number of aromatic nitrogens is 3. The van der Waals surface area contributed by atoms with Gasteiger partial charge in [0, 0.05) is 6.20 Å². The van der Waals surface area contributed by atoms with Crippen LogP contribution in [0.15, 0.2) is 18.3 Å². The molecule has 0 saturated heterocycles. The highest BCUT2D eigenvalue weighted by molar-refractivity contribution is 5.86. The van der Waals surface area contributed by atoms with Crippen molar-refractivity contribution in [1.82, 2.24) is 14.8 Å². The molecule has 4 heteroatoms. The summed E-state index contributed by atoms with van der Waals surface area (Å²) in [7, 11) is 0. The van der Waals surface area contributed by atoms with Gasteiger partial charge in [0.05, 0.1) is 10.9 Å². The molecule has 2 N–H and O–H groups in total. The number of rotatable bonds is 0. The van der Waals surface area contributed by atoms with Crippen LogP contribution in [0, 0.1) is 0 Å². The quantitative estimate of drug-likeness (QED) is 0.688. The minimum absolute atomic E-state index is 0.0930. The molecule has 0 unspecified atom stereocenters. The van der Waals surface area contributed by atoms with Crippen LogP contribution in [0.2, 0.25) is 0 Å². The molecule has 0 fully saturated rings. The molecule has 2 rings (SSSR count). The summed E-state index contributed by atoms with van der Waals surface area (Å²) < 4.78 is 1.86. The molecule has 0 aliphatic rings. The van der Waals surface area contributed by atoms with E-state index < -0.39 is 0 Å². The minimum atomic E-state index is -0.0930. The van der Waals surface area contributed by atoms with E-state index in [2.05, 4.69) is 30.9 Å². The fourth-order valence-corrected chi connectivity index (χ4v) is 1.44. The van der Waals surface area contributed by atoms with Crippen LogP contribution < -0.4 is 5.73 Å². The lowest BCUT2D eigenvalue weighted by atomic mass is 10.1. The Labute approximate surface area is 82.7 Å². The number of pyridine rings is 1. The van der Waals surface area contributed by atoms with Gasteiger partial charge in [-0.15, -0.1) is 0 Å². The van der Waals surface area contributed by atoms with Crippen molar-refractivity contribution >= 4 is 16.9 Å². The third-order valence-corrected chi connectivity index (χ3v) is 2.11. The van der Waals surface area contributed by atoms with Crippen LogP contribution in [-0.4, -0.2) is 14.8 Å². The van der Waals surface area contributed by atoms with E-state index >= 15 is 0 Å². The van der Waals surface area contributed by atoms with E-state index in [4.69, 9.17) is 5.73 Å². The molecule has 0 saturated carbocycles. The summed E-state index contributed by atoms with van der Waals surface area (Å²) in [5.41, 5.74) is 6.55. The largest absolute Gasteiger partial charge is 0.382 e. The van der Waals surface area contributed by atoms with Gasteiger partial charge in [-0.05, 0) is 32.9 Å². The zero-order valence-corrected chi connectivity index (χ0v) is 8.65. The first-order chi connectivity index (χ1) is 6.50. The number of nitrogens with zero attached hydrogens (tertiary/aromatic N) is 3. The standard InChI is InChI=1S/C10H14N4/c1-10(2,3)14-9-7(8(11)13-14)5-4-6-12-9/h4-6H,1-3H3,(H2,11,13). The lowest BCUT2D eigenvalue weighted by Gasteiger charge is -2.19. The summed E-state index contributed by atoms with van der Waals surface area (Å²) in [6, 6.07) is 3.81. The van der Waals surface area contributed by atoms with E-state index in [1.807, 2.05) is 16.8 Å². The molecule has 2 heterocycles. The van der Waals surface area contributed by atoms with Gasteiger partial charge in [-0.3, -0.25) is 0 Å². The van der Waals surface area contributed by atoms with Crippen molar-refractivity contribution in [3.05, 3.63) is 18.3 Å². The molecule has 0 spiro atoms. The SMILES string of the molecule is CC(C)(C)n1nc(N)c2cccnc21. The highest BCUT2D eigenvalue weighted by atomic mass is 15.4. The summed E-state index contributed by atoms with van der Waals surface area (Å²) >= 11 is 0. The van der Waals surface area contributed by atoms with Gasteiger partial charge in [-0.1, -0.05) is 0 Å². The Bertz CT molecular complexity index is 464. The second kappa shape index (κ2) is 2.70. The van der Waals surface area contributed by atoms with Crippen LogP contribution in [0.3, 0.4) is 0 Å². The van der Waals surface area contributed by atoms with Gasteiger partial charge < -0.3 is 5.73 Å². The highest BCUT2D eigenvalue weighted by Crippen LogP contribution is 2.23. The number of hydrogen-bond acceptors (Lipinski definition) is 3. The number of anilines is 1. The Kier molecular flexibility index (Phi) is 1.74. The zero-order chi connectivity index (χ0) is 10.3. The zero-order valence-electron chi connectivity index (χ0n) is 8.65. The molecular formula is C10H14N4. The Morgan fingerprint density at radius 2 is 2.07 bits per heavy atom. The summed E-state index contributed by atoms with van der Waals surface area (Å²) in [6.07, 6.45) is 1.76. The molecule has 0 aromatic carbocycles. The van der Waals surface area contributed by atoms with Crippen LogP contribution in [0.25, 0.3) is 11.0 Å². The molecule has 74 valence electrons. The van der Waals surface area contributed by atoms with Crippen LogP contribution in [0.5, 0.6) is 0 Å². The maximum absolute atomic E-state index is 5.80. The van der Waals surface area contributed by atoms with Crippen molar-refractivity contribution in [2.45, 2.75) is 26.3 Å². The molecule has 0 radical (unpaired) electrons. The van der Waals surface area contributed by atoms with Gasteiger partial charge in [0.1, 0.15) is 0 Å². The number of hydrogen-bond donors (Lipinski definition) is 1. The maximum atomic E-state index is 5.80. The number of fused-ring (bicyclic) bond motifs is 1. The van der Waals surface area contributed by atoms with Gasteiger partial charge in [-0.2, -0.15) is 5.10 Å². The second-order valence-electron chi connectivity index (χ2n) is 4.34. The average molecular weight is 190 g/mol. The monoisotopic (exact) mass is 190 g/mol. The molecule has 0 atom stereocenters. The topological polar surface area (TPSA) is 56.7 Å². The van der Waals surface area contributed by atoms with E-state index in [9.17, 15) is 0 Å². The van der Waals surface area contributed by atoms with Gasteiger partial charge >= 0.3 is 0 Å². The first kappa shape index (κ1) is 8.99. The second-order valence-corrected chi connectivity index (χ2v) is 4.34. The van der Waals surface area contributed by atoms with Gasteiger partial charge in [0.2, 0.25) is 0 Å². The normalized spacial score (nSPS) is 12.2. The summed E-state index contributed by atoms with van der Waals surface area (Å²) in [6.45, 7) is 6.23. The number of nitrogens with two attached hydrogens (primary N) is 1. The number of nitrogen functional groups attached to an aromatic ring is 1. The molecule has 2 aromatic rings. The van der Waals surface area contributed by atoms with Crippen molar-refractivity contribution in [2.75, 3.05) is 5.73 Å². The van der Waals surface area contributed by atoms with Crippen LogP contribution in [0.4, 0.5) is 5.82 Å². The first-order valence-corrected chi connectivity index (χ1v) is 4.60. The smallest absolute Gasteiger partial charge is 0.160 e. The molecule has 14 heavy (non-hydrogen) atoms. The summed E-state index contributed by atoms with van der Waals surface area (Å²) in [4.78, 5) is 4.29. The van der Waals surface area contributed by atoms with Crippen molar-refractivity contribution in [1.29, 1.82) is 0 Å². The molecule has 4 nitrogen and oxygen atoms in total. The Morgan fingerprint density at radius 3 is 2.71 bits per heavy atom. The van der Waals surface area contributed by atoms with E-state index in [0.717, 1.165) is 11.0 Å². The van der Waals surface area contributed by atoms with Crippen molar-refractivity contribution in [3.8, 4) is 0 Å². The van der Waals surface area contributed by atoms with Crippen LogP contribution in [0.1, 0.15) is 20.8 Å². The van der Waals surface area contributed by atoms with E-state index in [-0.39, 0.29) is 5.54 Å². The highest BCUT2D eigenvalue weighted by Gasteiger charge is 2.19. The Hall–Kier alpha value is -1.58.